The Hall–Kier alpha value is -2.63. The molecule has 0 amide bonds. The molecule has 69 heavy (non-hydrogen) atoms. The molecule has 0 saturated heterocycles. The fraction of sp³-hybridized carbons (Fsp3) is 0.825. The molecule has 0 fully saturated rings. The maximum absolute atomic E-state index is 12.8. The lowest BCUT2D eigenvalue weighted by molar-refractivity contribution is -0.167. The number of ether oxygens (including phenoxy) is 3. The quantitative estimate of drug-likeness (QED) is 0.0262. The van der Waals surface area contributed by atoms with Gasteiger partial charge in [0, 0.05) is 19.3 Å². The Labute approximate surface area is 428 Å². The van der Waals surface area contributed by atoms with E-state index in [0.29, 0.717) is 19.3 Å². The van der Waals surface area contributed by atoms with Crippen LogP contribution in [0, 0.1) is 0 Å². The van der Waals surface area contributed by atoms with Gasteiger partial charge in [-0.25, -0.2) is 0 Å². The van der Waals surface area contributed by atoms with Crippen molar-refractivity contribution in [2.45, 2.75) is 322 Å². The Balaban J connectivity index is 4.09. The SMILES string of the molecule is CC/C=C\C/C=C\C/C=C\C/C=C\CCCCC(=O)OC(COC(=O)CCCCCCCCCC)COC(=O)CCCCCCCCCCCCCCCCCCCCCCCCCCCCCC. The third-order valence-electron chi connectivity index (χ3n) is 13.3. The van der Waals surface area contributed by atoms with Crippen molar-refractivity contribution in [1.82, 2.24) is 0 Å². The summed E-state index contributed by atoms with van der Waals surface area (Å²) in [5, 5.41) is 0. The van der Waals surface area contributed by atoms with E-state index in [1.807, 2.05) is 0 Å². The number of carbonyl (C=O) groups excluding carboxylic acids is 3. The summed E-state index contributed by atoms with van der Waals surface area (Å²) in [6, 6.07) is 0. The Bertz CT molecular complexity index is 1200. The molecule has 1 unspecified atom stereocenters. The molecule has 0 aromatic carbocycles. The van der Waals surface area contributed by atoms with Gasteiger partial charge < -0.3 is 14.2 Å². The van der Waals surface area contributed by atoms with Gasteiger partial charge in [0.15, 0.2) is 6.10 Å². The van der Waals surface area contributed by atoms with Crippen LogP contribution in [0.2, 0.25) is 0 Å². The van der Waals surface area contributed by atoms with Crippen molar-refractivity contribution in [1.29, 1.82) is 0 Å². The number of esters is 3. The number of unbranched alkanes of at least 4 members (excludes halogenated alkanes) is 36. The van der Waals surface area contributed by atoms with E-state index in [1.165, 1.54) is 193 Å². The van der Waals surface area contributed by atoms with Crippen molar-refractivity contribution in [3.05, 3.63) is 48.6 Å². The molecule has 0 bridgehead atoms. The molecule has 6 nitrogen and oxygen atoms in total. The second-order valence-electron chi connectivity index (χ2n) is 20.2. The largest absolute Gasteiger partial charge is 0.462 e. The van der Waals surface area contributed by atoms with E-state index in [-0.39, 0.29) is 37.5 Å². The highest BCUT2D eigenvalue weighted by Crippen LogP contribution is 2.17. The van der Waals surface area contributed by atoms with E-state index >= 15 is 0 Å². The van der Waals surface area contributed by atoms with Gasteiger partial charge in [-0.15, -0.1) is 0 Å². The van der Waals surface area contributed by atoms with Gasteiger partial charge >= 0.3 is 17.9 Å². The van der Waals surface area contributed by atoms with Crippen molar-refractivity contribution in [3.63, 3.8) is 0 Å². The smallest absolute Gasteiger partial charge is 0.306 e. The number of hydrogen-bond donors (Lipinski definition) is 0. The minimum atomic E-state index is -0.790. The fourth-order valence-electron chi connectivity index (χ4n) is 8.85. The van der Waals surface area contributed by atoms with Gasteiger partial charge in [-0.3, -0.25) is 14.4 Å². The predicted molar refractivity (Wildman–Crippen MR) is 298 cm³/mol. The third-order valence-corrected chi connectivity index (χ3v) is 13.3. The number of carbonyl (C=O) groups is 3. The van der Waals surface area contributed by atoms with Crippen molar-refractivity contribution in [2.24, 2.45) is 0 Å². The standard InChI is InChI=1S/C63H114O6/c1-4-7-10-13-16-19-21-23-25-26-27-28-29-30-31-32-33-34-35-36-37-39-40-42-44-47-50-53-56-62(65)68-59-60(58-67-61(64)55-52-49-46-18-15-12-9-6-3)69-63(66)57-54-51-48-45-43-41-38-24-22-20-17-14-11-8-5-2/h8,11,17,20,24,38,43,45,60H,4-7,9-10,12-16,18-19,21-23,25-37,39-42,44,46-59H2,1-3H3/b11-8-,20-17-,38-24-,45-43-. The van der Waals surface area contributed by atoms with Gasteiger partial charge in [0.1, 0.15) is 13.2 Å². The Morgan fingerprint density at radius 3 is 0.884 bits per heavy atom. The summed E-state index contributed by atoms with van der Waals surface area (Å²) in [6.45, 7) is 6.50. The van der Waals surface area contributed by atoms with Gasteiger partial charge in [0.25, 0.3) is 0 Å². The average Bonchev–Trinajstić information content (AvgIpc) is 3.35. The first kappa shape index (κ1) is 66.4. The zero-order valence-electron chi connectivity index (χ0n) is 46.1. The topological polar surface area (TPSA) is 78.9 Å². The van der Waals surface area contributed by atoms with Crippen molar-refractivity contribution in [2.75, 3.05) is 13.2 Å². The number of hydrogen-bond acceptors (Lipinski definition) is 6. The average molecular weight is 968 g/mol. The van der Waals surface area contributed by atoms with Gasteiger partial charge in [-0.1, -0.05) is 288 Å². The van der Waals surface area contributed by atoms with Gasteiger partial charge in [0.2, 0.25) is 0 Å². The minimum Gasteiger partial charge on any atom is -0.462 e. The molecule has 0 aliphatic heterocycles. The molecule has 6 heteroatoms. The molecule has 0 spiro atoms. The molecule has 402 valence electrons. The van der Waals surface area contributed by atoms with E-state index in [0.717, 1.165) is 77.0 Å². The van der Waals surface area contributed by atoms with E-state index in [4.69, 9.17) is 14.2 Å². The van der Waals surface area contributed by atoms with Crippen LogP contribution in [0.15, 0.2) is 48.6 Å². The lowest BCUT2D eigenvalue weighted by atomic mass is 10.0. The summed E-state index contributed by atoms with van der Waals surface area (Å²) in [5.74, 6) is -0.919. The summed E-state index contributed by atoms with van der Waals surface area (Å²) >= 11 is 0. The molecule has 0 aliphatic rings. The maximum atomic E-state index is 12.8. The molecule has 0 aromatic heterocycles. The van der Waals surface area contributed by atoms with E-state index in [2.05, 4.69) is 69.4 Å². The molecule has 0 aromatic rings. The Kier molecular flexibility index (Phi) is 55.7. The van der Waals surface area contributed by atoms with Crippen LogP contribution in [0.25, 0.3) is 0 Å². The van der Waals surface area contributed by atoms with Crippen LogP contribution in [-0.4, -0.2) is 37.2 Å². The van der Waals surface area contributed by atoms with Crippen LogP contribution in [0.3, 0.4) is 0 Å². The van der Waals surface area contributed by atoms with Crippen LogP contribution in [0.1, 0.15) is 316 Å². The monoisotopic (exact) mass is 967 g/mol. The summed E-state index contributed by atoms with van der Waals surface area (Å²) in [4.78, 5) is 38.0. The summed E-state index contributed by atoms with van der Waals surface area (Å²) in [7, 11) is 0. The highest BCUT2D eigenvalue weighted by atomic mass is 16.6. The molecule has 1 atom stereocenters. The highest BCUT2D eigenvalue weighted by molar-refractivity contribution is 5.71. The van der Waals surface area contributed by atoms with Crippen LogP contribution >= 0.6 is 0 Å². The Morgan fingerprint density at radius 2 is 0.565 bits per heavy atom. The third kappa shape index (κ3) is 56.2. The van der Waals surface area contributed by atoms with Crippen LogP contribution in [0.4, 0.5) is 0 Å². The molecule has 0 saturated carbocycles. The first-order valence-corrected chi connectivity index (χ1v) is 30.1. The van der Waals surface area contributed by atoms with E-state index in [9.17, 15) is 14.4 Å². The van der Waals surface area contributed by atoms with Gasteiger partial charge in [-0.05, 0) is 57.8 Å². The molecule has 0 aliphatic carbocycles. The summed E-state index contributed by atoms with van der Waals surface area (Å²) < 4.78 is 16.8. The predicted octanol–water partition coefficient (Wildman–Crippen LogP) is 20.2. The van der Waals surface area contributed by atoms with Crippen molar-refractivity contribution < 1.29 is 28.6 Å². The maximum Gasteiger partial charge on any atom is 0.306 e. The molecular formula is C63H114O6. The molecule has 0 radical (unpaired) electrons. The van der Waals surface area contributed by atoms with Crippen LogP contribution in [-0.2, 0) is 28.6 Å². The van der Waals surface area contributed by atoms with Crippen LogP contribution in [0.5, 0.6) is 0 Å². The minimum absolute atomic E-state index is 0.0862. The van der Waals surface area contributed by atoms with Crippen molar-refractivity contribution >= 4 is 17.9 Å². The Morgan fingerprint density at radius 1 is 0.304 bits per heavy atom. The number of rotatable bonds is 55. The molecule has 0 N–H and O–H groups in total. The van der Waals surface area contributed by atoms with Crippen molar-refractivity contribution in [3.8, 4) is 0 Å². The highest BCUT2D eigenvalue weighted by Gasteiger charge is 2.19. The van der Waals surface area contributed by atoms with E-state index < -0.39 is 6.10 Å². The molecule has 0 heterocycles. The first-order valence-electron chi connectivity index (χ1n) is 30.1. The van der Waals surface area contributed by atoms with Gasteiger partial charge in [-0.2, -0.15) is 0 Å². The van der Waals surface area contributed by atoms with Gasteiger partial charge in [0.05, 0.1) is 0 Å². The van der Waals surface area contributed by atoms with Crippen LogP contribution < -0.4 is 0 Å². The molecule has 0 rings (SSSR count). The zero-order chi connectivity index (χ0) is 50.0. The first-order chi connectivity index (χ1) is 34.0. The van der Waals surface area contributed by atoms with E-state index in [1.54, 1.807) is 0 Å². The second kappa shape index (κ2) is 57.9. The zero-order valence-corrected chi connectivity index (χ0v) is 46.1. The lowest BCUT2D eigenvalue weighted by Gasteiger charge is -2.18. The summed E-state index contributed by atoms with van der Waals surface area (Å²) in [5.41, 5.74) is 0. The normalized spacial score (nSPS) is 12.3. The second-order valence-corrected chi connectivity index (χ2v) is 20.2. The molecular weight excluding hydrogens is 853 g/mol. The number of allylic oxidation sites excluding steroid dienone is 8. The lowest BCUT2D eigenvalue weighted by Crippen LogP contribution is -2.30. The fourth-order valence-corrected chi connectivity index (χ4v) is 8.85. The summed E-state index contributed by atoms with van der Waals surface area (Å²) in [6.07, 6.45) is 71.5.